The van der Waals surface area contributed by atoms with Gasteiger partial charge in [-0.1, -0.05) is 6.07 Å². The first-order valence-electron chi connectivity index (χ1n) is 10.9. The number of hydrogen-bond donors (Lipinski definition) is 2. The number of aldehydes is 1. The molecule has 2 fully saturated rings. The van der Waals surface area contributed by atoms with Crippen LogP contribution in [0.3, 0.4) is 0 Å². The molecule has 1 saturated heterocycles. The number of alkyl halides is 3. The van der Waals surface area contributed by atoms with Crippen LogP contribution in [0.5, 0.6) is 5.75 Å². The van der Waals surface area contributed by atoms with E-state index >= 15 is 0 Å². The molecule has 1 aromatic carbocycles. The monoisotopic (exact) mass is 496 g/mol. The third-order valence-corrected chi connectivity index (χ3v) is 7.33. The van der Waals surface area contributed by atoms with E-state index in [2.05, 4.69) is 5.32 Å². The molecule has 0 radical (unpaired) electrons. The summed E-state index contributed by atoms with van der Waals surface area (Å²) in [5.74, 6) is -0.154. The van der Waals surface area contributed by atoms with E-state index in [-0.39, 0.29) is 31.7 Å². The van der Waals surface area contributed by atoms with Gasteiger partial charge in [0, 0.05) is 17.6 Å². The summed E-state index contributed by atoms with van der Waals surface area (Å²) in [5.41, 5.74) is -4.93. The maximum absolute atomic E-state index is 14.5. The Hall–Kier alpha value is -1.76. The van der Waals surface area contributed by atoms with E-state index in [1.807, 2.05) is 0 Å². The van der Waals surface area contributed by atoms with Gasteiger partial charge < -0.3 is 14.8 Å². The fourth-order valence-corrected chi connectivity index (χ4v) is 5.27. The molecule has 3 rings (SSSR count). The highest BCUT2D eigenvalue weighted by atomic mass is 32.2. The van der Waals surface area contributed by atoms with Crippen LogP contribution in [-0.2, 0) is 19.6 Å². The lowest BCUT2D eigenvalue weighted by Crippen LogP contribution is -2.57. The van der Waals surface area contributed by atoms with Crippen molar-refractivity contribution in [2.24, 2.45) is 0 Å². The summed E-state index contributed by atoms with van der Waals surface area (Å²) in [6.07, 6.45) is 3.70. The zero-order valence-electron chi connectivity index (χ0n) is 17.9. The molecule has 1 heterocycles. The molecule has 1 aliphatic heterocycles. The Morgan fingerprint density at radius 2 is 1.88 bits per heavy atom. The number of ether oxygens (including phenoxy) is 2. The highest BCUT2D eigenvalue weighted by molar-refractivity contribution is 7.90. The molecule has 1 saturated carbocycles. The van der Waals surface area contributed by atoms with E-state index in [0.717, 1.165) is 0 Å². The first kappa shape index (κ1) is 25.9. The van der Waals surface area contributed by atoms with Crippen LogP contribution in [0.2, 0.25) is 0 Å². The topological polar surface area (TPSA) is 93.7 Å². The molecule has 2 aliphatic rings. The van der Waals surface area contributed by atoms with Crippen molar-refractivity contribution >= 4 is 16.3 Å². The smallest absolute Gasteiger partial charge is 0.486 e. The van der Waals surface area contributed by atoms with Crippen molar-refractivity contribution in [2.75, 3.05) is 19.8 Å². The molecule has 186 valence electrons. The molecule has 0 bridgehead atoms. The largest absolute Gasteiger partial charge is 0.511 e. The van der Waals surface area contributed by atoms with Gasteiger partial charge in [0.15, 0.2) is 6.29 Å². The minimum absolute atomic E-state index is 0.0633. The van der Waals surface area contributed by atoms with Crippen LogP contribution < -0.4 is 14.8 Å². The molecule has 2 atom stereocenters. The Morgan fingerprint density at radius 3 is 2.55 bits per heavy atom. The highest BCUT2D eigenvalue weighted by Crippen LogP contribution is 2.40. The molecular formula is C21H28F4N2O5S. The van der Waals surface area contributed by atoms with Crippen LogP contribution in [0.1, 0.15) is 50.0 Å². The number of piperidine rings is 1. The van der Waals surface area contributed by atoms with Gasteiger partial charge in [0.1, 0.15) is 18.2 Å². The van der Waals surface area contributed by atoms with Gasteiger partial charge in [-0.05, 0) is 63.1 Å². The quantitative estimate of drug-likeness (QED) is 0.403. The minimum atomic E-state index is -5.44. The highest BCUT2D eigenvalue weighted by Gasteiger charge is 2.47. The Labute approximate surface area is 190 Å². The van der Waals surface area contributed by atoms with Crippen LogP contribution in [-0.4, -0.2) is 58.2 Å². The Kier molecular flexibility index (Phi) is 8.70. The van der Waals surface area contributed by atoms with Crippen molar-refractivity contribution in [1.82, 2.24) is 10.0 Å². The molecule has 12 heteroatoms. The van der Waals surface area contributed by atoms with Crippen LogP contribution in [0, 0.1) is 5.82 Å². The first-order valence-corrected chi connectivity index (χ1v) is 12.4. The minimum Gasteiger partial charge on any atom is -0.486 e. The molecular weight excluding hydrogens is 468 g/mol. The number of benzene rings is 1. The number of hydrogen-bond acceptors (Lipinski definition) is 6. The molecule has 0 spiro atoms. The van der Waals surface area contributed by atoms with Gasteiger partial charge in [0.25, 0.3) is 0 Å². The van der Waals surface area contributed by atoms with Gasteiger partial charge in [0.2, 0.25) is 0 Å². The van der Waals surface area contributed by atoms with Crippen molar-refractivity contribution in [2.45, 2.75) is 68.1 Å². The average molecular weight is 497 g/mol. The molecule has 7 nitrogen and oxygen atoms in total. The summed E-state index contributed by atoms with van der Waals surface area (Å²) in [6, 6.07) is 3.00. The normalized spacial score (nSPS) is 26.7. The summed E-state index contributed by atoms with van der Waals surface area (Å²) in [5, 5.41) is 3.04. The lowest BCUT2D eigenvalue weighted by atomic mass is 9.82. The molecule has 1 aromatic rings. The number of sulfonamides is 1. The number of carbonyl (C=O) groups excluding carboxylic acids is 1. The summed E-state index contributed by atoms with van der Waals surface area (Å²) < 4.78 is 88.7. The number of rotatable bonds is 9. The summed E-state index contributed by atoms with van der Waals surface area (Å²) >= 11 is 0. The van der Waals surface area contributed by atoms with Crippen molar-refractivity contribution in [3.05, 3.63) is 29.6 Å². The summed E-state index contributed by atoms with van der Waals surface area (Å²) in [4.78, 5) is 10.6. The number of halogens is 4. The molecule has 2 N–H and O–H groups in total. The van der Waals surface area contributed by atoms with Crippen LogP contribution >= 0.6 is 0 Å². The third-order valence-electron chi connectivity index (χ3n) is 6.11. The van der Waals surface area contributed by atoms with E-state index in [4.69, 9.17) is 9.47 Å². The van der Waals surface area contributed by atoms with Gasteiger partial charge in [-0.25, -0.2) is 17.5 Å². The molecule has 1 aliphatic carbocycles. The van der Waals surface area contributed by atoms with Crippen molar-refractivity contribution in [1.29, 1.82) is 0 Å². The Bertz CT molecular complexity index is 904. The zero-order valence-corrected chi connectivity index (χ0v) is 18.8. The molecule has 0 unspecified atom stereocenters. The first-order chi connectivity index (χ1) is 15.6. The van der Waals surface area contributed by atoms with Gasteiger partial charge in [0.05, 0.1) is 12.7 Å². The predicted octanol–water partition coefficient (Wildman–Crippen LogP) is 3.01. The van der Waals surface area contributed by atoms with Gasteiger partial charge in [-0.2, -0.15) is 13.2 Å². The van der Waals surface area contributed by atoms with Crippen LogP contribution in [0.15, 0.2) is 18.2 Å². The lowest BCUT2D eigenvalue weighted by Gasteiger charge is -2.35. The third kappa shape index (κ3) is 6.65. The molecule has 0 amide bonds. The van der Waals surface area contributed by atoms with E-state index in [0.29, 0.717) is 56.2 Å². The predicted molar refractivity (Wildman–Crippen MR) is 112 cm³/mol. The van der Waals surface area contributed by atoms with Gasteiger partial charge in [-0.3, -0.25) is 4.79 Å². The lowest BCUT2D eigenvalue weighted by molar-refractivity contribution is -0.109. The van der Waals surface area contributed by atoms with E-state index in [1.165, 1.54) is 12.1 Å². The van der Waals surface area contributed by atoms with E-state index in [1.54, 1.807) is 10.8 Å². The second-order valence-corrected chi connectivity index (χ2v) is 10.0. The number of carbonyl (C=O) groups is 1. The number of nitrogens with one attached hydrogen (secondary N) is 2. The fourth-order valence-electron chi connectivity index (χ4n) is 4.46. The fraction of sp³-hybridized carbons (Fsp3) is 0.667. The Morgan fingerprint density at radius 1 is 1.15 bits per heavy atom. The summed E-state index contributed by atoms with van der Waals surface area (Å²) in [7, 11) is -5.44. The maximum atomic E-state index is 14.5. The standard InChI is InChI=1S/C21H28F4N2O5S/c22-16-3-1-5-19(31-12-11-28)20(16)14-6-8-15(9-7-14)32-13-18-17(4-2-10-26-18)27-33(29,30)21(23,24)25/h1,3,5,11,14-15,17-18,26-27H,2,4,6-10,12-13H2/t14-,15+,17-,18-/m0/s1. The van der Waals surface area contributed by atoms with Crippen molar-refractivity contribution in [3.63, 3.8) is 0 Å². The molecule has 0 aromatic heterocycles. The SMILES string of the molecule is O=CCOc1cccc(F)c1[C@H]1CC[C@@H](OC[C@@H]2NCCC[C@@H]2NS(=O)(=O)C(F)(F)F)CC1. The second kappa shape index (κ2) is 11.1. The van der Waals surface area contributed by atoms with E-state index < -0.39 is 33.4 Å². The van der Waals surface area contributed by atoms with E-state index in [9.17, 15) is 30.8 Å². The van der Waals surface area contributed by atoms with Gasteiger partial charge in [-0.15, -0.1) is 0 Å². The van der Waals surface area contributed by atoms with Crippen LogP contribution in [0.4, 0.5) is 17.6 Å². The van der Waals surface area contributed by atoms with Crippen LogP contribution in [0.25, 0.3) is 0 Å². The zero-order chi connectivity index (χ0) is 24.1. The Balaban J connectivity index is 1.55. The maximum Gasteiger partial charge on any atom is 0.511 e. The molecule has 33 heavy (non-hydrogen) atoms. The van der Waals surface area contributed by atoms with Crippen molar-refractivity contribution in [3.8, 4) is 5.75 Å². The van der Waals surface area contributed by atoms with Crippen molar-refractivity contribution < 1.29 is 40.2 Å². The average Bonchev–Trinajstić information content (AvgIpc) is 2.76. The summed E-state index contributed by atoms with van der Waals surface area (Å²) in [6.45, 7) is 0.457. The van der Waals surface area contributed by atoms with Gasteiger partial charge >= 0.3 is 15.5 Å². The second-order valence-electron chi connectivity index (χ2n) is 8.31.